The van der Waals surface area contributed by atoms with E-state index in [0.29, 0.717) is 48.0 Å². The van der Waals surface area contributed by atoms with Crippen LogP contribution in [0.3, 0.4) is 0 Å². The van der Waals surface area contributed by atoms with Gasteiger partial charge in [-0.2, -0.15) is 0 Å². The van der Waals surface area contributed by atoms with Gasteiger partial charge in [-0.25, -0.2) is 4.79 Å². The second-order valence-corrected chi connectivity index (χ2v) is 9.55. The summed E-state index contributed by atoms with van der Waals surface area (Å²) in [5, 5.41) is 3.13. The summed E-state index contributed by atoms with van der Waals surface area (Å²) in [6, 6.07) is 10.4. The minimum Gasteiger partial charge on any atom is -0.467 e. The first kappa shape index (κ1) is 24.5. The van der Waals surface area contributed by atoms with Crippen molar-refractivity contribution in [3.8, 4) is 0 Å². The van der Waals surface area contributed by atoms with Crippen molar-refractivity contribution in [3.63, 3.8) is 0 Å². The normalized spacial score (nSPS) is 18.1. The highest BCUT2D eigenvalue weighted by Crippen LogP contribution is 2.21. The largest absolute Gasteiger partial charge is 0.467 e. The first-order valence-electron chi connectivity index (χ1n) is 12.1. The van der Waals surface area contributed by atoms with E-state index in [0.717, 1.165) is 11.0 Å². The molecule has 1 aliphatic heterocycles. The predicted molar refractivity (Wildman–Crippen MR) is 132 cm³/mol. The molecule has 186 valence electrons. The molecule has 0 aliphatic carbocycles. The molecule has 1 saturated heterocycles. The summed E-state index contributed by atoms with van der Waals surface area (Å²) in [5.41, 5.74) is -0.497. The molecule has 35 heavy (non-hydrogen) atoms. The number of nitrogens with one attached hydrogen (secondary N) is 1. The van der Waals surface area contributed by atoms with Gasteiger partial charge in [0.2, 0.25) is 11.8 Å². The third-order valence-electron chi connectivity index (χ3n) is 6.47. The molecule has 3 aromatic rings. The average molecular weight is 481 g/mol. The molecule has 0 radical (unpaired) electrons. The number of para-hydroxylation sites is 1. The molecule has 0 bridgehead atoms. The average Bonchev–Trinajstić information content (AvgIpc) is 3.35. The molecule has 2 aromatic heterocycles. The van der Waals surface area contributed by atoms with Crippen LogP contribution >= 0.6 is 0 Å². The highest BCUT2D eigenvalue weighted by Gasteiger charge is 2.26. The number of fused-ring (bicyclic) bond motifs is 1. The van der Waals surface area contributed by atoms with Gasteiger partial charge in [-0.15, -0.1) is 0 Å². The topological polar surface area (TPSA) is 107 Å². The number of likely N-dealkylation sites (tertiary alicyclic amines) is 1. The van der Waals surface area contributed by atoms with Gasteiger partial charge < -0.3 is 14.6 Å². The molecular weight excluding hydrogens is 448 g/mol. The first-order chi connectivity index (χ1) is 16.8. The second-order valence-electron chi connectivity index (χ2n) is 9.55. The summed E-state index contributed by atoms with van der Waals surface area (Å²) in [4.78, 5) is 53.6. The quantitative estimate of drug-likeness (QED) is 0.533. The lowest BCUT2D eigenvalue weighted by molar-refractivity contribution is -0.134. The highest BCUT2D eigenvalue weighted by atomic mass is 16.3. The zero-order valence-electron chi connectivity index (χ0n) is 20.2. The number of piperidine rings is 1. The summed E-state index contributed by atoms with van der Waals surface area (Å²) < 4.78 is 7.72. The van der Waals surface area contributed by atoms with Crippen molar-refractivity contribution in [2.75, 3.05) is 13.1 Å². The van der Waals surface area contributed by atoms with Crippen molar-refractivity contribution in [2.24, 2.45) is 11.8 Å². The van der Waals surface area contributed by atoms with E-state index in [-0.39, 0.29) is 37.9 Å². The number of rotatable bonds is 8. The maximum atomic E-state index is 13.3. The Morgan fingerprint density at radius 1 is 1.03 bits per heavy atom. The van der Waals surface area contributed by atoms with Gasteiger partial charge in [-0.05, 0) is 48.9 Å². The molecule has 2 amide bonds. The summed E-state index contributed by atoms with van der Waals surface area (Å²) in [7, 11) is 0. The molecule has 1 fully saturated rings. The number of aromatic nitrogens is 2. The number of nitrogens with zero attached hydrogens (tertiary/aromatic N) is 3. The number of benzene rings is 1. The lowest BCUT2D eigenvalue weighted by Gasteiger charge is -2.35. The van der Waals surface area contributed by atoms with Crippen molar-refractivity contribution in [1.29, 1.82) is 0 Å². The van der Waals surface area contributed by atoms with E-state index >= 15 is 0 Å². The number of hydrogen-bond donors (Lipinski definition) is 1. The van der Waals surface area contributed by atoms with Gasteiger partial charge in [0.15, 0.2) is 0 Å². The Morgan fingerprint density at radius 3 is 2.49 bits per heavy atom. The van der Waals surface area contributed by atoms with Gasteiger partial charge in [0.1, 0.15) is 12.3 Å². The van der Waals surface area contributed by atoms with Gasteiger partial charge in [0.25, 0.3) is 5.56 Å². The van der Waals surface area contributed by atoms with Gasteiger partial charge >= 0.3 is 5.69 Å². The smallest absolute Gasteiger partial charge is 0.331 e. The minimum absolute atomic E-state index is 0.0860. The lowest BCUT2D eigenvalue weighted by Crippen LogP contribution is -2.47. The second kappa shape index (κ2) is 10.8. The number of furan rings is 1. The van der Waals surface area contributed by atoms with Crippen LogP contribution in [0.25, 0.3) is 10.9 Å². The molecular formula is C26H32N4O5. The predicted octanol–water partition coefficient (Wildman–Crippen LogP) is 2.36. The van der Waals surface area contributed by atoms with Gasteiger partial charge in [-0.3, -0.25) is 23.5 Å². The Balaban J connectivity index is 1.51. The van der Waals surface area contributed by atoms with Crippen molar-refractivity contribution in [1.82, 2.24) is 19.4 Å². The summed E-state index contributed by atoms with van der Waals surface area (Å²) in [6.45, 7) is 5.84. The molecule has 0 saturated carbocycles. The van der Waals surface area contributed by atoms with Crippen molar-refractivity contribution in [2.45, 2.75) is 52.7 Å². The Hall–Kier alpha value is -3.62. The van der Waals surface area contributed by atoms with Gasteiger partial charge in [-0.1, -0.05) is 26.0 Å². The van der Waals surface area contributed by atoms with E-state index in [2.05, 4.69) is 19.2 Å². The van der Waals surface area contributed by atoms with Crippen LogP contribution in [-0.2, 0) is 29.2 Å². The number of hydrogen-bond acceptors (Lipinski definition) is 5. The summed E-state index contributed by atoms with van der Waals surface area (Å²) in [6.07, 6.45) is 3.08. The van der Waals surface area contributed by atoms with Crippen molar-refractivity contribution >= 4 is 22.7 Å². The van der Waals surface area contributed by atoms with Crippen LogP contribution in [-0.4, -0.2) is 38.9 Å². The van der Waals surface area contributed by atoms with Crippen LogP contribution in [0.15, 0.2) is 56.7 Å². The highest BCUT2D eigenvalue weighted by molar-refractivity contribution is 5.81. The molecule has 1 aromatic carbocycles. The van der Waals surface area contributed by atoms with Crippen LogP contribution in [0.4, 0.5) is 0 Å². The van der Waals surface area contributed by atoms with Crippen LogP contribution in [0, 0.1) is 11.8 Å². The summed E-state index contributed by atoms with van der Waals surface area (Å²) in [5.74, 6) is 1.14. The fraction of sp³-hybridized carbons (Fsp3) is 0.462. The van der Waals surface area contributed by atoms with E-state index in [1.807, 2.05) is 4.90 Å². The van der Waals surface area contributed by atoms with E-state index in [1.54, 1.807) is 36.4 Å². The Kier molecular flexibility index (Phi) is 7.53. The Bertz CT molecular complexity index is 1300. The van der Waals surface area contributed by atoms with E-state index in [9.17, 15) is 19.2 Å². The third-order valence-corrected chi connectivity index (χ3v) is 6.47. The van der Waals surface area contributed by atoms with Gasteiger partial charge in [0.05, 0.1) is 23.7 Å². The van der Waals surface area contributed by atoms with Crippen LogP contribution in [0.1, 0.15) is 38.9 Å². The maximum Gasteiger partial charge on any atom is 0.331 e. The molecule has 3 heterocycles. The standard InChI is InChI=1S/C26H32N4O5/c1-18-13-19(2)16-28(15-18)24(32)17-30-22-9-4-3-8-21(22)25(33)29(26(30)34)11-5-10-23(31)27-14-20-7-6-12-35-20/h3-4,6-9,12,18-19H,5,10-11,13-17H2,1-2H3,(H,27,31). The zero-order chi connectivity index (χ0) is 24.9. The molecule has 9 heteroatoms. The Morgan fingerprint density at radius 2 is 1.77 bits per heavy atom. The lowest BCUT2D eigenvalue weighted by atomic mass is 9.92. The molecule has 1 aliphatic rings. The zero-order valence-corrected chi connectivity index (χ0v) is 20.2. The fourth-order valence-electron chi connectivity index (χ4n) is 4.91. The minimum atomic E-state index is -0.531. The summed E-state index contributed by atoms with van der Waals surface area (Å²) >= 11 is 0. The third kappa shape index (κ3) is 5.72. The van der Waals surface area contributed by atoms with Gasteiger partial charge in [0, 0.05) is 26.1 Å². The molecule has 2 unspecified atom stereocenters. The monoisotopic (exact) mass is 480 g/mol. The first-order valence-corrected chi connectivity index (χ1v) is 12.1. The SMILES string of the molecule is CC1CC(C)CN(C(=O)Cn2c(=O)n(CCCC(=O)NCc3ccco3)c(=O)c3ccccc32)C1. The maximum absolute atomic E-state index is 13.3. The Labute approximate surface area is 203 Å². The number of carbonyl (C=O) groups is 2. The van der Waals surface area contributed by atoms with Crippen molar-refractivity contribution in [3.05, 3.63) is 69.3 Å². The number of amides is 2. The molecule has 1 N–H and O–H groups in total. The van der Waals surface area contributed by atoms with Crippen LogP contribution < -0.4 is 16.6 Å². The molecule has 2 atom stereocenters. The van der Waals surface area contributed by atoms with E-state index in [1.165, 1.54) is 10.8 Å². The molecule has 4 rings (SSSR count). The van der Waals surface area contributed by atoms with E-state index in [4.69, 9.17) is 4.42 Å². The van der Waals surface area contributed by atoms with Crippen LogP contribution in [0.2, 0.25) is 0 Å². The fourth-order valence-corrected chi connectivity index (χ4v) is 4.91. The van der Waals surface area contributed by atoms with E-state index < -0.39 is 11.2 Å². The number of carbonyl (C=O) groups excluding carboxylic acids is 2. The van der Waals surface area contributed by atoms with Crippen LogP contribution in [0.5, 0.6) is 0 Å². The molecule has 0 spiro atoms. The van der Waals surface area contributed by atoms with Crippen molar-refractivity contribution < 1.29 is 14.0 Å². The molecule has 9 nitrogen and oxygen atoms in total.